The van der Waals surface area contributed by atoms with E-state index in [-0.39, 0.29) is 16.6 Å². The van der Waals surface area contributed by atoms with Gasteiger partial charge in [0.2, 0.25) is 0 Å². The van der Waals surface area contributed by atoms with Crippen molar-refractivity contribution >= 4 is 28.0 Å². The van der Waals surface area contributed by atoms with Crippen molar-refractivity contribution in [3.63, 3.8) is 0 Å². The van der Waals surface area contributed by atoms with E-state index in [1.807, 2.05) is 0 Å². The number of nitrogens with two attached hydrogens (primary N) is 1. The highest BCUT2D eigenvalue weighted by atomic mass is 32.1. The number of esters is 1. The molecule has 6 heteroatoms. The number of methoxy groups -OCH3 is 1. The van der Waals surface area contributed by atoms with Crippen LogP contribution in [0.15, 0.2) is 0 Å². The van der Waals surface area contributed by atoms with Crippen LogP contribution in [0.4, 0.5) is 10.7 Å². The maximum Gasteiger partial charge on any atom is 0.350 e. The zero-order valence-electron chi connectivity index (χ0n) is 12.3. The van der Waals surface area contributed by atoms with E-state index in [4.69, 9.17) is 5.73 Å². The number of hydrogen-bond acceptors (Lipinski definition) is 6. The monoisotopic (exact) mass is 295 g/mol. The van der Waals surface area contributed by atoms with Gasteiger partial charge in [-0.2, -0.15) is 5.26 Å². The van der Waals surface area contributed by atoms with E-state index in [2.05, 4.69) is 36.9 Å². The summed E-state index contributed by atoms with van der Waals surface area (Å²) in [6, 6.07) is 2.26. The van der Waals surface area contributed by atoms with Gasteiger partial charge in [-0.3, -0.25) is 0 Å². The minimum absolute atomic E-state index is 0.197. The molecule has 110 valence electrons. The minimum Gasteiger partial charge on any atom is -0.465 e. The zero-order chi connectivity index (χ0) is 15.3. The van der Waals surface area contributed by atoms with Crippen LogP contribution in [0.3, 0.4) is 0 Å². The first-order valence-corrected chi connectivity index (χ1v) is 7.43. The Morgan fingerprint density at radius 1 is 1.55 bits per heavy atom. The summed E-state index contributed by atoms with van der Waals surface area (Å²) in [5.41, 5.74) is 6.36. The molecule has 0 bridgehead atoms. The number of thiophene rings is 1. The van der Waals surface area contributed by atoms with Crippen molar-refractivity contribution in [1.82, 2.24) is 0 Å². The lowest BCUT2D eigenvalue weighted by molar-refractivity contribution is 0.0607. The number of anilines is 2. The van der Waals surface area contributed by atoms with E-state index < -0.39 is 5.97 Å². The van der Waals surface area contributed by atoms with Gasteiger partial charge in [0.25, 0.3) is 0 Å². The van der Waals surface area contributed by atoms with Crippen LogP contribution in [0.25, 0.3) is 0 Å². The summed E-state index contributed by atoms with van der Waals surface area (Å²) in [7, 11) is 1.30. The van der Waals surface area contributed by atoms with Gasteiger partial charge in [-0.05, 0) is 19.3 Å². The molecule has 5 nitrogen and oxygen atoms in total. The molecule has 1 heterocycles. The summed E-state index contributed by atoms with van der Waals surface area (Å²) >= 11 is 1.17. The molecule has 2 unspecified atom stereocenters. The van der Waals surface area contributed by atoms with Crippen LogP contribution >= 0.6 is 11.3 Å². The molecule has 2 atom stereocenters. The molecular formula is C14H21N3O2S. The molecule has 0 spiro atoms. The SMILES string of the molecule is CCC(C)CC(C)Nc1sc(C(=O)OC)c(N)c1C#N. The van der Waals surface area contributed by atoms with Gasteiger partial charge in [0, 0.05) is 6.04 Å². The number of nitrogens with one attached hydrogen (secondary N) is 1. The summed E-state index contributed by atoms with van der Waals surface area (Å²) in [6.45, 7) is 6.39. The van der Waals surface area contributed by atoms with Gasteiger partial charge in [0.1, 0.15) is 21.5 Å². The summed E-state index contributed by atoms with van der Waals surface area (Å²) < 4.78 is 4.67. The van der Waals surface area contributed by atoms with Crippen LogP contribution in [0.2, 0.25) is 0 Å². The smallest absolute Gasteiger partial charge is 0.350 e. The first-order valence-electron chi connectivity index (χ1n) is 6.61. The summed E-state index contributed by atoms with van der Waals surface area (Å²) in [4.78, 5) is 11.9. The third-order valence-electron chi connectivity index (χ3n) is 3.26. The second-order valence-corrected chi connectivity index (χ2v) is 5.97. The second-order valence-electron chi connectivity index (χ2n) is 4.95. The molecule has 0 aliphatic carbocycles. The third-order valence-corrected chi connectivity index (χ3v) is 4.37. The number of nitrogen functional groups attached to an aromatic ring is 1. The van der Waals surface area contributed by atoms with Gasteiger partial charge in [0.15, 0.2) is 0 Å². The largest absolute Gasteiger partial charge is 0.465 e. The molecule has 0 amide bonds. The van der Waals surface area contributed by atoms with Crippen LogP contribution in [0, 0.1) is 17.2 Å². The van der Waals surface area contributed by atoms with E-state index >= 15 is 0 Å². The van der Waals surface area contributed by atoms with Gasteiger partial charge in [-0.15, -0.1) is 11.3 Å². The second kappa shape index (κ2) is 7.15. The fourth-order valence-corrected chi connectivity index (χ4v) is 3.05. The normalized spacial score (nSPS) is 13.3. The van der Waals surface area contributed by atoms with Gasteiger partial charge < -0.3 is 15.8 Å². The molecule has 20 heavy (non-hydrogen) atoms. The Morgan fingerprint density at radius 2 is 2.20 bits per heavy atom. The summed E-state index contributed by atoms with van der Waals surface area (Å²) in [5, 5.41) is 13.1. The van der Waals surface area contributed by atoms with Crippen molar-refractivity contribution in [2.45, 2.75) is 39.7 Å². The van der Waals surface area contributed by atoms with Gasteiger partial charge in [-0.1, -0.05) is 20.3 Å². The molecule has 0 aromatic carbocycles. The molecule has 1 aromatic heterocycles. The number of hydrogen-bond donors (Lipinski definition) is 2. The van der Waals surface area contributed by atoms with E-state index in [1.54, 1.807) is 0 Å². The quantitative estimate of drug-likeness (QED) is 0.787. The van der Waals surface area contributed by atoms with Crippen molar-refractivity contribution in [3.8, 4) is 6.07 Å². The predicted octanol–water partition coefficient (Wildman–Crippen LogP) is 3.23. The average molecular weight is 295 g/mol. The highest BCUT2D eigenvalue weighted by Crippen LogP contribution is 2.36. The molecule has 0 saturated carbocycles. The van der Waals surface area contributed by atoms with E-state index in [0.29, 0.717) is 16.5 Å². The molecule has 0 aliphatic rings. The van der Waals surface area contributed by atoms with Crippen molar-refractivity contribution < 1.29 is 9.53 Å². The number of rotatable bonds is 6. The van der Waals surface area contributed by atoms with E-state index in [9.17, 15) is 10.1 Å². The zero-order valence-corrected chi connectivity index (χ0v) is 13.1. The molecule has 3 N–H and O–H groups in total. The minimum atomic E-state index is -0.508. The lowest BCUT2D eigenvalue weighted by atomic mass is 10.0. The highest BCUT2D eigenvalue weighted by Gasteiger charge is 2.22. The molecule has 0 radical (unpaired) electrons. The Labute approximate surface area is 123 Å². The molecule has 0 aliphatic heterocycles. The average Bonchev–Trinajstić information content (AvgIpc) is 2.73. The highest BCUT2D eigenvalue weighted by molar-refractivity contribution is 7.18. The molecule has 0 saturated heterocycles. The fraction of sp³-hybridized carbons (Fsp3) is 0.571. The van der Waals surface area contributed by atoms with Crippen LogP contribution in [0.5, 0.6) is 0 Å². The number of carbonyl (C=O) groups excluding carboxylic acids is 1. The van der Waals surface area contributed by atoms with Crippen LogP contribution in [-0.2, 0) is 4.74 Å². The maximum atomic E-state index is 11.6. The maximum absolute atomic E-state index is 11.6. The Hall–Kier alpha value is -1.74. The number of nitrogens with zero attached hydrogens (tertiary/aromatic N) is 1. The van der Waals surface area contributed by atoms with E-state index in [1.165, 1.54) is 18.4 Å². The lowest BCUT2D eigenvalue weighted by Gasteiger charge is -2.17. The molecular weight excluding hydrogens is 274 g/mol. The van der Waals surface area contributed by atoms with Gasteiger partial charge in [0.05, 0.1) is 12.8 Å². The first kappa shape index (κ1) is 16.3. The van der Waals surface area contributed by atoms with Crippen molar-refractivity contribution in [3.05, 3.63) is 10.4 Å². The molecule has 0 fully saturated rings. The van der Waals surface area contributed by atoms with E-state index in [0.717, 1.165) is 12.8 Å². The third kappa shape index (κ3) is 3.64. The first-order chi connectivity index (χ1) is 9.44. The van der Waals surface area contributed by atoms with Gasteiger partial charge in [-0.25, -0.2) is 4.79 Å². The van der Waals surface area contributed by atoms with Crippen LogP contribution < -0.4 is 11.1 Å². The number of carbonyl (C=O) groups is 1. The molecule has 1 rings (SSSR count). The topological polar surface area (TPSA) is 88.1 Å². The predicted molar refractivity (Wildman–Crippen MR) is 81.9 cm³/mol. The molecule has 1 aromatic rings. The number of nitriles is 1. The lowest BCUT2D eigenvalue weighted by Crippen LogP contribution is -2.18. The van der Waals surface area contributed by atoms with Crippen molar-refractivity contribution in [1.29, 1.82) is 5.26 Å². The van der Waals surface area contributed by atoms with Crippen molar-refractivity contribution in [2.75, 3.05) is 18.2 Å². The Morgan fingerprint density at radius 3 is 2.70 bits per heavy atom. The summed E-state index contributed by atoms with van der Waals surface area (Å²) in [5.74, 6) is 0.0899. The fourth-order valence-electron chi connectivity index (χ4n) is 1.95. The Balaban J connectivity index is 2.96. The van der Waals surface area contributed by atoms with Gasteiger partial charge >= 0.3 is 5.97 Å². The van der Waals surface area contributed by atoms with Crippen molar-refractivity contribution in [2.24, 2.45) is 5.92 Å². The number of ether oxygens (including phenoxy) is 1. The Kier molecular flexibility index (Phi) is 5.83. The summed E-state index contributed by atoms with van der Waals surface area (Å²) in [6.07, 6.45) is 2.10. The van der Waals surface area contributed by atoms with Crippen LogP contribution in [0.1, 0.15) is 48.8 Å². The Bertz CT molecular complexity index is 519. The van der Waals surface area contributed by atoms with Crippen LogP contribution in [-0.4, -0.2) is 19.1 Å². The standard InChI is InChI=1S/C14H21N3O2S/c1-5-8(2)6-9(3)17-13-10(7-15)11(16)12(20-13)14(18)19-4/h8-9,17H,5-6,16H2,1-4H3.